The number of carbonyl (C=O) groups is 1. The lowest BCUT2D eigenvalue weighted by molar-refractivity contribution is -0.132. The SMILES string of the molecule is Cc1noc(C)c1CC(=O)N1CCC[C@@H](n2ccnc2C)C1. The molecule has 0 unspecified atom stereocenters. The van der Waals surface area contributed by atoms with E-state index in [1.165, 1.54) is 0 Å². The number of likely N-dealkylation sites (tertiary alicyclic amines) is 1. The van der Waals surface area contributed by atoms with Crippen molar-refractivity contribution >= 4 is 5.91 Å². The van der Waals surface area contributed by atoms with Crippen LogP contribution in [0, 0.1) is 20.8 Å². The monoisotopic (exact) mass is 302 g/mol. The molecule has 1 atom stereocenters. The summed E-state index contributed by atoms with van der Waals surface area (Å²) >= 11 is 0. The molecule has 0 radical (unpaired) electrons. The molecule has 0 spiro atoms. The number of amides is 1. The van der Waals surface area contributed by atoms with Crippen LogP contribution in [0.15, 0.2) is 16.9 Å². The van der Waals surface area contributed by atoms with Crippen LogP contribution in [-0.2, 0) is 11.2 Å². The normalized spacial score (nSPS) is 18.7. The van der Waals surface area contributed by atoms with Crippen LogP contribution in [0.4, 0.5) is 0 Å². The summed E-state index contributed by atoms with van der Waals surface area (Å²) in [6, 6.07) is 0.324. The van der Waals surface area contributed by atoms with E-state index in [4.69, 9.17) is 4.52 Å². The fraction of sp³-hybridized carbons (Fsp3) is 0.562. The Kier molecular flexibility index (Phi) is 4.00. The molecule has 2 aromatic heterocycles. The number of piperidine rings is 1. The van der Waals surface area contributed by atoms with Gasteiger partial charge in [-0.05, 0) is 33.6 Å². The molecule has 1 amide bonds. The molecule has 0 aliphatic carbocycles. The van der Waals surface area contributed by atoms with Crippen molar-refractivity contribution in [3.63, 3.8) is 0 Å². The molecule has 118 valence electrons. The van der Waals surface area contributed by atoms with Gasteiger partial charge in [-0.25, -0.2) is 4.98 Å². The van der Waals surface area contributed by atoms with E-state index in [0.717, 1.165) is 48.8 Å². The number of aromatic nitrogens is 3. The van der Waals surface area contributed by atoms with Crippen LogP contribution in [0.25, 0.3) is 0 Å². The Balaban J connectivity index is 1.69. The van der Waals surface area contributed by atoms with Gasteiger partial charge in [0.25, 0.3) is 0 Å². The van der Waals surface area contributed by atoms with Crippen molar-refractivity contribution in [3.8, 4) is 0 Å². The Bertz CT molecular complexity index is 654. The minimum absolute atomic E-state index is 0.150. The first-order valence-corrected chi connectivity index (χ1v) is 7.75. The minimum atomic E-state index is 0.150. The summed E-state index contributed by atoms with van der Waals surface area (Å²) in [4.78, 5) is 18.8. The van der Waals surface area contributed by atoms with Gasteiger partial charge in [0, 0.05) is 31.0 Å². The first kappa shape index (κ1) is 14.8. The van der Waals surface area contributed by atoms with Gasteiger partial charge in [-0.1, -0.05) is 5.16 Å². The van der Waals surface area contributed by atoms with E-state index in [0.29, 0.717) is 12.5 Å². The molecule has 1 aliphatic heterocycles. The van der Waals surface area contributed by atoms with E-state index in [9.17, 15) is 4.79 Å². The maximum absolute atomic E-state index is 12.6. The Morgan fingerprint density at radius 1 is 1.41 bits per heavy atom. The number of nitrogens with zero attached hydrogens (tertiary/aromatic N) is 4. The van der Waals surface area contributed by atoms with Gasteiger partial charge >= 0.3 is 0 Å². The molecule has 0 aromatic carbocycles. The molecule has 3 rings (SSSR count). The molecule has 22 heavy (non-hydrogen) atoms. The van der Waals surface area contributed by atoms with E-state index in [-0.39, 0.29) is 5.91 Å². The summed E-state index contributed by atoms with van der Waals surface area (Å²) in [6.07, 6.45) is 6.31. The van der Waals surface area contributed by atoms with Gasteiger partial charge in [-0.15, -0.1) is 0 Å². The van der Waals surface area contributed by atoms with E-state index in [1.54, 1.807) is 0 Å². The molecule has 0 N–H and O–H groups in total. The van der Waals surface area contributed by atoms with Crippen LogP contribution in [0.5, 0.6) is 0 Å². The summed E-state index contributed by atoms with van der Waals surface area (Å²) in [5.74, 6) is 1.90. The highest BCUT2D eigenvalue weighted by molar-refractivity contribution is 5.79. The van der Waals surface area contributed by atoms with E-state index >= 15 is 0 Å². The van der Waals surface area contributed by atoms with Crippen molar-refractivity contribution in [2.75, 3.05) is 13.1 Å². The molecule has 0 bridgehead atoms. The zero-order valence-corrected chi connectivity index (χ0v) is 13.4. The number of aryl methyl sites for hydroxylation is 3. The number of hydrogen-bond donors (Lipinski definition) is 0. The maximum atomic E-state index is 12.6. The van der Waals surface area contributed by atoms with Crippen LogP contribution in [0.2, 0.25) is 0 Å². The van der Waals surface area contributed by atoms with Gasteiger partial charge < -0.3 is 14.0 Å². The third-order valence-electron chi connectivity index (χ3n) is 4.51. The quantitative estimate of drug-likeness (QED) is 0.872. The van der Waals surface area contributed by atoms with Gasteiger partial charge in [0.1, 0.15) is 11.6 Å². The molecule has 1 saturated heterocycles. The number of hydrogen-bond acceptors (Lipinski definition) is 4. The van der Waals surface area contributed by atoms with Crippen molar-refractivity contribution in [1.29, 1.82) is 0 Å². The lowest BCUT2D eigenvalue weighted by Crippen LogP contribution is -2.41. The Labute approximate surface area is 130 Å². The second-order valence-electron chi connectivity index (χ2n) is 6.00. The molecule has 6 heteroatoms. The standard InChI is InChI=1S/C16H22N4O2/c1-11-15(12(2)22-18-11)9-16(21)19-7-4-5-14(10-19)20-8-6-17-13(20)3/h6,8,14H,4-5,7,9-10H2,1-3H3/t14-/m1/s1. The van der Waals surface area contributed by atoms with Crippen LogP contribution in [0.1, 0.15) is 41.7 Å². The van der Waals surface area contributed by atoms with Crippen molar-refractivity contribution in [1.82, 2.24) is 19.6 Å². The average Bonchev–Trinajstić information content (AvgIpc) is 3.08. The highest BCUT2D eigenvalue weighted by Crippen LogP contribution is 2.24. The average molecular weight is 302 g/mol. The lowest BCUT2D eigenvalue weighted by atomic mass is 10.0. The van der Waals surface area contributed by atoms with Crippen molar-refractivity contribution < 1.29 is 9.32 Å². The molecular weight excluding hydrogens is 280 g/mol. The lowest BCUT2D eigenvalue weighted by Gasteiger charge is -2.34. The summed E-state index contributed by atoms with van der Waals surface area (Å²) in [6.45, 7) is 7.32. The molecule has 3 heterocycles. The highest BCUT2D eigenvalue weighted by atomic mass is 16.5. The molecule has 2 aromatic rings. The first-order chi connectivity index (χ1) is 10.6. The van der Waals surface area contributed by atoms with Gasteiger partial charge in [-0.3, -0.25) is 4.79 Å². The van der Waals surface area contributed by atoms with Gasteiger partial charge in [0.2, 0.25) is 5.91 Å². The Morgan fingerprint density at radius 2 is 2.23 bits per heavy atom. The van der Waals surface area contributed by atoms with Gasteiger partial charge in [0.15, 0.2) is 0 Å². The molecule has 0 saturated carbocycles. The number of carbonyl (C=O) groups excluding carboxylic acids is 1. The zero-order chi connectivity index (χ0) is 15.7. The van der Waals surface area contributed by atoms with Crippen molar-refractivity contribution in [3.05, 3.63) is 35.2 Å². The van der Waals surface area contributed by atoms with Crippen LogP contribution in [0.3, 0.4) is 0 Å². The van der Waals surface area contributed by atoms with Crippen molar-refractivity contribution in [2.24, 2.45) is 0 Å². The predicted octanol–water partition coefficient (Wildman–Crippen LogP) is 2.20. The third kappa shape index (κ3) is 2.77. The summed E-state index contributed by atoms with van der Waals surface area (Å²) < 4.78 is 7.32. The molecule has 1 fully saturated rings. The van der Waals surface area contributed by atoms with Gasteiger partial charge in [-0.2, -0.15) is 0 Å². The highest BCUT2D eigenvalue weighted by Gasteiger charge is 2.26. The number of rotatable bonds is 3. The second kappa shape index (κ2) is 5.94. The van der Waals surface area contributed by atoms with Crippen molar-refractivity contribution in [2.45, 2.75) is 46.1 Å². The van der Waals surface area contributed by atoms with Crippen LogP contribution >= 0.6 is 0 Å². The van der Waals surface area contributed by atoms with E-state index in [1.807, 2.05) is 38.1 Å². The predicted molar refractivity (Wildman–Crippen MR) is 81.5 cm³/mol. The zero-order valence-electron chi connectivity index (χ0n) is 13.4. The summed E-state index contributed by atoms with van der Waals surface area (Å²) in [7, 11) is 0. The second-order valence-corrected chi connectivity index (χ2v) is 6.00. The maximum Gasteiger partial charge on any atom is 0.227 e. The van der Waals surface area contributed by atoms with Crippen LogP contribution in [-0.4, -0.2) is 38.6 Å². The fourth-order valence-corrected chi connectivity index (χ4v) is 3.20. The number of imidazole rings is 1. The molecule has 1 aliphatic rings. The Hall–Kier alpha value is -2.11. The first-order valence-electron chi connectivity index (χ1n) is 7.75. The van der Waals surface area contributed by atoms with E-state index < -0.39 is 0 Å². The fourth-order valence-electron chi connectivity index (χ4n) is 3.20. The molecule has 6 nitrogen and oxygen atoms in total. The largest absolute Gasteiger partial charge is 0.361 e. The van der Waals surface area contributed by atoms with E-state index in [2.05, 4.69) is 14.7 Å². The minimum Gasteiger partial charge on any atom is -0.361 e. The van der Waals surface area contributed by atoms with Crippen LogP contribution < -0.4 is 0 Å². The Morgan fingerprint density at radius 3 is 2.86 bits per heavy atom. The molecular formula is C16H22N4O2. The van der Waals surface area contributed by atoms with Gasteiger partial charge in [0.05, 0.1) is 18.2 Å². The summed E-state index contributed by atoms with van der Waals surface area (Å²) in [5.41, 5.74) is 1.73. The summed E-state index contributed by atoms with van der Waals surface area (Å²) in [5, 5.41) is 3.92. The third-order valence-corrected chi connectivity index (χ3v) is 4.51. The smallest absolute Gasteiger partial charge is 0.227 e. The topological polar surface area (TPSA) is 64.2 Å².